The minimum absolute atomic E-state index is 0.781. The first-order valence-corrected chi connectivity index (χ1v) is 7.49. The molecule has 0 unspecified atom stereocenters. The summed E-state index contributed by atoms with van der Waals surface area (Å²) in [6, 6.07) is 9.03. The lowest BCUT2D eigenvalue weighted by molar-refractivity contribution is 0.0685. The number of aromatic nitrogens is 2. The summed E-state index contributed by atoms with van der Waals surface area (Å²) in [4.78, 5) is 13.2. The van der Waals surface area contributed by atoms with Crippen LogP contribution in [0.3, 0.4) is 0 Å². The molecule has 2 N–H and O–H groups in total. The van der Waals surface area contributed by atoms with Gasteiger partial charge in [0, 0.05) is 45.3 Å². The Balaban J connectivity index is 1.37. The van der Waals surface area contributed by atoms with Gasteiger partial charge in [0.15, 0.2) is 0 Å². The Labute approximate surface area is 119 Å². The van der Waals surface area contributed by atoms with Crippen LogP contribution in [0.5, 0.6) is 0 Å². The number of nitrogens with zero attached hydrogens (tertiary/aromatic N) is 3. The van der Waals surface area contributed by atoms with Crippen LogP contribution in [-0.4, -0.2) is 65.1 Å². The quantitative estimate of drug-likeness (QED) is 0.860. The summed E-state index contributed by atoms with van der Waals surface area (Å²) < 4.78 is 0. The van der Waals surface area contributed by atoms with Crippen LogP contribution in [0.4, 0.5) is 0 Å². The van der Waals surface area contributed by atoms with Crippen molar-refractivity contribution in [2.45, 2.75) is 12.6 Å². The number of piperazine rings is 1. The molecular formula is C15H21N5. The number of imidazole rings is 1. The maximum absolute atomic E-state index is 4.67. The van der Waals surface area contributed by atoms with Crippen molar-refractivity contribution >= 4 is 11.0 Å². The fraction of sp³-hybridized carbons (Fsp3) is 0.533. The molecule has 0 atom stereocenters. The number of hydrogen-bond donors (Lipinski definition) is 2. The third-order valence-electron chi connectivity index (χ3n) is 4.49. The molecule has 2 aliphatic rings. The Kier molecular flexibility index (Phi) is 3.18. The average Bonchev–Trinajstić information content (AvgIpc) is 2.81. The summed E-state index contributed by atoms with van der Waals surface area (Å²) in [5, 5.41) is 3.35. The SMILES string of the molecule is c1ccc2[nH]c(CN3CCN(C4CNC4)CC3)nc2c1. The number of para-hydroxylation sites is 2. The second-order valence-corrected chi connectivity index (χ2v) is 5.82. The molecule has 1 aromatic carbocycles. The Morgan fingerprint density at radius 1 is 1.10 bits per heavy atom. The Morgan fingerprint density at radius 3 is 2.60 bits per heavy atom. The molecule has 0 amide bonds. The Hall–Kier alpha value is -1.43. The van der Waals surface area contributed by atoms with Crippen molar-refractivity contribution in [1.29, 1.82) is 0 Å². The first-order chi connectivity index (χ1) is 9.88. The highest BCUT2D eigenvalue weighted by atomic mass is 15.3. The van der Waals surface area contributed by atoms with Crippen molar-refractivity contribution in [3.8, 4) is 0 Å². The van der Waals surface area contributed by atoms with Gasteiger partial charge in [0.1, 0.15) is 5.82 Å². The topological polar surface area (TPSA) is 47.2 Å². The first-order valence-electron chi connectivity index (χ1n) is 7.49. The fourth-order valence-electron chi connectivity index (χ4n) is 3.11. The second-order valence-electron chi connectivity index (χ2n) is 5.82. The zero-order valence-electron chi connectivity index (χ0n) is 11.7. The van der Waals surface area contributed by atoms with Gasteiger partial charge in [-0.25, -0.2) is 4.98 Å². The zero-order chi connectivity index (χ0) is 13.4. The van der Waals surface area contributed by atoms with Crippen molar-refractivity contribution in [1.82, 2.24) is 25.1 Å². The summed E-state index contributed by atoms with van der Waals surface area (Å²) in [7, 11) is 0. The number of aromatic amines is 1. The smallest absolute Gasteiger partial charge is 0.121 e. The molecule has 0 aliphatic carbocycles. The van der Waals surface area contributed by atoms with Gasteiger partial charge in [-0.15, -0.1) is 0 Å². The molecule has 5 nitrogen and oxygen atoms in total. The highest BCUT2D eigenvalue weighted by Crippen LogP contribution is 2.14. The van der Waals surface area contributed by atoms with Crippen LogP contribution in [0.2, 0.25) is 0 Å². The molecule has 5 heteroatoms. The number of nitrogens with one attached hydrogen (secondary N) is 2. The van der Waals surface area contributed by atoms with Crippen LogP contribution in [0, 0.1) is 0 Å². The van der Waals surface area contributed by atoms with Gasteiger partial charge in [-0.1, -0.05) is 12.1 Å². The van der Waals surface area contributed by atoms with Crippen LogP contribution < -0.4 is 5.32 Å². The van der Waals surface area contributed by atoms with E-state index in [4.69, 9.17) is 0 Å². The summed E-state index contributed by atoms with van der Waals surface area (Å²) in [6.45, 7) is 7.94. The van der Waals surface area contributed by atoms with Crippen LogP contribution in [0.15, 0.2) is 24.3 Å². The van der Waals surface area contributed by atoms with E-state index in [0.717, 1.165) is 42.5 Å². The fourth-order valence-corrected chi connectivity index (χ4v) is 3.11. The first kappa shape index (κ1) is 12.3. The lowest BCUT2D eigenvalue weighted by Gasteiger charge is -2.43. The summed E-state index contributed by atoms with van der Waals surface area (Å²) in [6.07, 6.45) is 0. The van der Waals surface area contributed by atoms with Gasteiger partial charge in [-0.05, 0) is 12.1 Å². The number of rotatable bonds is 3. The van der Waals surface area contributed by atoms with E-state index in [2.05, 4.69) is 43.3 Å². The van der Waals surface area contributed by atoms with Crippen molar-refractivity contribution in [2.24, 2.45) is 0 Å². The number of hydrogen-bond acceptors (Lipinski definition) is 4. The van der Waals surface area contributed by atoms with E-state index < -0.39 is 0 Å². The molecule has 1 aromatic heterocycles. The second kappa shape index (κ2) is 5.16. The molecule has 2 fully saturated rings. The predicted molar refractivity (Wildman–Crippen MR) is 79.6 cm³/mol. The highest BCUT2D eigenvalue weighted by molar-refractivity contribution is 5.74. The van der Waals surface area contributed by atoms with Crippen LogP contribution in [-0.2, 0) is 6.54 Å². The lowest BCUT2D eigenvalue weighted by atomic mass is 10.1. The maximum atomic E-state index is 4.67. The molecule has 106 valence electrons. The van der Waals surface area contributed by atoms with Gasteiger partial charge >= 0.3 is 0 Å². The average molecular weight is 271 g/mol. The monoisotopic (exact) mass is 271 g/mol. The van der Waals surface area contributed by atoms with Crippen molar-refractivity contribution < 1.29 is 0 Å². The van der Waals surface area contributed by atoms with Gasteiger partial charge in [0.05, 0.1) is 17.6 Å². The van der Waals surface area contributed by atoms with E-state index in [-0.39, 0.29) is 0 Å². The third-order valence-corrected chi connectivity index (χ3v) is 4.49. The van der Waals surface area contributed by atoms with E-state index in [1.807, 2.05) is 6.07 Å². The summed E-state index contributed by atoms with van der Waals surface area (Å²) in [5.74, 6) is 1.09. The molecule has 0 radical (unpaired) electrons. The summed E-state index contributed by atoms with van der Waals surface area (Å²) >= 11 is 0. The van der Waals surface area contributed by atoms with E-state index in [1.54, 1.807) is 0 Å². The van der Waals surface area contributed by atoms with Crippen molar-refractivity contribution in [3.63, 3.8) is 0 Å². The molecule has 20 heavy (non-hydrogen) atoms. The molecule has 3 heterocycles. The number of fused-ring (bicyclic) bond motifs is 1. The highest BCUT2D eigenvalue weighted by Gasteiger charge is 2.27. The van der Waals surface area contributed by atoms with E-state index in [1.165, 1.54) is 26.2 Å². The van der Waals surface area contributed by atoms with E-state index >= 15 is 0 Å². The standard InChI is InChI=1S/C15H21N5/c1-2-4-14-13(3-1)17-15(18-14)11-19-5-7-20(8-6-19)12-9-16-10-12/h1-4,12,16H,5-11H2,(H,17,18). The van der Waals surface area contributed by atoms with Crippen LogP contribution >= 0.6 is 0 Å². The van der Waals surface area contributed by atoms with E-state index in [0.29, 0.717) is 0 Å². The number of H-pyrrole nitrogens is 1. The maximum Gasteiger partial charge on any atom is 0.121 e. The lowest BCUT2D eigenvalue weighted by Crippen LogP contribution is -2.61. The van der Waals surface area contributed by atoms with Gasteiger partial charge in [-0.2, -0.15) is 0 Å². The van der Waals surface area contributed by atoms with Crippen molar-refractivity contribution in [3.05, 3.63) is 30.1 Å². The molecule has 2 aromatic rings. The Morgan fingerprint density at radius 2 is 1.90 bits per heavy atom. The minimum atomic E-state index is 0.781. The van der Waals surface area contributed by atoms with Gasteiger partial charge in [0.25, 0.3) is 0 Å². The molecule has 0 saturated carbocycles. The van der Waals surface area contributed by atoms with Crippen molar-refractivity contribution in [2.75, 3.05) is 39.3 Å². The molecule has 2 saturated heterocycles. The molecule has 2 aliphatic heterocycles. The predicted octanol–water partition coefficient (Wildman–Crippen LogP) is 0.652. The van der Waals surface area contributed by atoms with Gasteiger partial charge in [-0.3, -0.25) is 9.80 Å². The van der Waals surface area contributed by atoms with Gasteiger partial charge < -0.3 is 10.3 Å². The number of benzene rings is 1. The van der Waals surface area contributed by atoms with E-state index in [9.17, 15) is 0 Å². The minimum Gasteiger partial charge on any atom is -0.341 e. The largest absolute Gasteiger partial charge is 0.341 e. The van der Waals surface area contributed by atoms with Crippen LogP contribution in [0.25, 0.3) is 11.0 Å². The molecular weight excluding hydrogens is 250 g/mol. The zero-order valence-corrected chi connectivity index (χ0v) is 11.7. The summed E-state index contributed by atoms with van der Waals surface area (Å²) in [5.41, 5.74) is 2.21. The molecule has 4 rings (SSSR count). The normalized spacial score (nSPS) is 22.2. The van der Waals surface area contributed by atoms with Crippen LogP contribution in [0.1, 0.15) is 5.82 Å². The van der Waals surface area contributed by atoms with Gasteiger partial charge in [0.2, 0.25) is 0 Å². The Bertz CT molecular complexity index is 548. The molecule has 0 bridgehead atoms. The third kappa shape index (κ3) is 2.32. The molecule has 0 spiro atoms.